The second-order valence-electron chi connectivity index (χ2n) is 9.20. The van der Waals surface area contributed by atoms with Crippen molar-refractivity contribution in [2.75, 3.05) is 17.2 Å². The van der Waals surface area contributed by atoms with E-state index in [1.807, 2.05) is 29.8 Å². The third-order valence-electron chi connectivity index (χ3n) is 6.98. The summed E-state index contributed by atoms with van der Waals surface area (Å²) in [5.41, 5.74) is 1.87. The maximum absolute atomic E-state index is 9.00. The van der Waals surface area contributed by atoms with E-state index in [0.717, 1.165) is 41.8 Å². The van der Waals surface area contributed by atoms with Crippen LogP contribution in [0.1, 0.15) is 44.2 Å². The lowest BCUT2D eigenvalue weighted by molar-refractivity contribution is 0.136. The highest BCUT2D eigenvalue weighted by atomic mass is 15.3. The van der Waals surface area contributed by atoms with E-state index in [2.05, 4.69) is 43.8 Å². The van der Waals surface area contributed by atoms with Crippen molar-refractivity contribution in [2.45, 2.75) is 70.1 Å². The minimum absolute atomic E-state index is 0.342. The summed E-state index contributed by atoms with van der Waals surface area (Å²) in [7, 11) is 0. The van der Waals surface area contributed by atoms with E-state index in [0.29, 0.717) is 49.1 Å². The van der Waals surface area contributed by atoms with Crippen LogP contribution in [-0.2, 0) is 6.54 Å². The first-order valence-corrected chi connectivity index (χ1v) is 12.0. The Morgan fingerprint density at radius 1 is 1.06 bits per heavy atom. The van der Waals surface area contributed by atoms with E-state index in [1.54, 1.807) is 6.20 Å². The molecule has 3 aromatic rings. The normalized spacial score (nSPS) is 21.8. The predicted molar refractivity (Wildman–Crippen MR) is 130 cm³/mol. The zero-order valence-electron chi connectivity index (χ0n) is 19.4. The van der Waals surface area contributed by atoms with Gasteiger partial charge in [-0.25, -0.2) is 4.98 Å². The van der Waals surface area contributed by atoms with E-state index < -0.39 is 0 Å². The number of nitrogens with one attached hydrogen (secondary N) is 2. The zero-order chi connectivity index (χ0) is 23.5. The molecule has 9 nitrogen and oxygen atoms in total. The van der Waals surface area contributed by atoms with Gasteiger partial charge in [-0.05, 0) is 44.7 Å². The average molecular weight is 456 g/mol. The molecule has 2 N–H and O–H groups in total. The van der Waals surface area contributed by atoms with Crippen LogP contribution in [0.4, 0.5) is 17.5 Å². The fourth-order valence-electron chi connectivity index (χ4n) is 5.46. The first kappa shape index (κ1) is 22.1. The molecule has 174 valence electrons. The third-order valence-corrected chi connectivity index (χ3v) is 6.98. The summed E-state index contributed by atoms with van der Waals surface area (Å²) in [5, 5.41) is 30.5. The molecular formula is C25H29N9. The van der Waals surface area contributed by atoms with Crippen LogP contribution in [-0.4, -0.2) is 49.3 Å². The fraction of sp³-hybridized carbons (Fsp3) is 0.480. The number of rotatable bonds is 8. The van der Waals surface area contributed by atoms with Crippen molar-refractivity contribution in [1.29, 1.82) is 10.5 Å². The van der Waals surface area contributed by atoms with Gasteiger partial charge < -0.3 is 10.6 Å². The van der Waals surface area contributed by atoms with Crippen molar-refractivity contribution in [2.24, 2.45) is 0 Å². The van der Waals surface area contributed by atoms with E-state index in [9.17, 15) is 0 Å². The van der Waals surface area contributed by atoms with Crippen molar-refractivity contribution < 1.29 is 0 Å². The Morgan fingerprint density at radius 3 is 2.59 bits per heavy atom. The van der Waals surface area contributed by atoms with Gasteiger partial charge in [0, 0.05) is 60.5 Å². The molecule has 2 saturated heterocycles. The SMILES string of the molecule is Cc1cc(Nc2cc3ncccc3c(NC3C[C@H]4CC[C@@H](C3)N4CCC#N)n2)nn1CCC#N. The highest BCUT2D eigenvalue weighted by molar-refractivity contribution is 5.91. The number of fused-ring (bicyclic) bond motifs is 3. The van der Waals surface area contributed by atoms with Crippen LogP contribution in [0.25, 0.3) is 10.9 Å². The van der Waals surface area contributed by atoms with Gasteiger partial charge in [0.15, 0.2) is 5.82 Å². The number of hydrogen-bond acceptors (Lipinski definition) is 8. The van der Waals surface area contributed by atoms with Gasteiger partial charge in [-0.2, -0.15) is 15.6 Å². The number of aryl methyl sites for hydroxylation is 2. The van der Waals surface area contributed by atoms with E-state index >= 15 is 0 Å². The quantitative estimate of drug-likeness (QED) is 0.521. The molecule has 2 fully saturated rings. The smallest absolute Gasteiger partial charge is 0.153 e. The summed E-state index contributed by atoms with van der Waals surface area (Å²) < 4.78 is 1.83. The van der Waals surface area contributed by atoms with Crippen molar-refractivity contribution in [3.63, 3.8) is 0 Å². The van der Waals surface area contributed by atoms with E-state index in [1.165, 1.54) is 12.8 Å². The largest absolute Gasteiger partial charge is 0.367 e. The summed E-state index contributed by atoms with van der Waals surface area (Å²) in [6, 6.07) is 13.8. The van der Waals surface area contributed by atoms with Gasteiger partial charge in [0.1, 0.15) is 11.6 Å². The van der Waals surface area contributed by atoms with Crippen LogP contribution in [0.15, 0.2) is 30.5 Å². The summed E-state index contributed by atoms with van der Waals surface area (Å²) in [4.78, 5) is 12.0. The number of aromatic nitrogens is 4. The minimum Gasteiger partial charge on any atom is -0.367 e. The Kier molecular flexibility index (Phi) is 6.29. The topological polar surface area (TPSA) is 118 Å². The minimum atomic E-state index is 0.342. The summed E-state index contributed by atoms with van der Waals surface area (Å²) >= 11 is 0. The van der Waals surface area contributed by atoms with Crippen molar-refractivity contribution in [3.05, 3.63) is 36.2 Å². The second-order valence-corrected chi connectivity index (χ2v) is 9.20. The van der Waals surface area contributed by atoms with Crippen molar-refractivity contribution in [1.82, 2.24) is 24.6 Å². The number of anilines is 3. The second kappa shape index (κ2) is 9.66. The van der Waals surface area contributed by atoms with Crippen LogP contribution in [0, 0.1) is 29.6 Å². The van der Waals surface area contributed by atoms with Gasteiger partial charge in [-0.3, -0.25) is 14.6 Å². The van der Waals surface area contributed by atoms with Crippen LogP contribution in [0.3, 0.4) is 0 Å². The zero-order valence-corrected chi connectivity index (χ0v) is 19.4. The molecule has 2 bridgehead atoms. The molecule has 2 aliphatic rings. The molecule has 1 unspecified atom stereocenters. The molecular weight excluding hydrogens is 426 g/mol. The molecule has 3 aromatic heterocycles. The van der Waals surface area contributed by atoms with Gasteiger partial charge in [0.25, 0.3) is 0 Å². The first-order chi connectivity index (χ1) is 16.6. The molecule has 0 aromatic carbocycles. The molecule has 34 heavy (non-hydrogen) atoms. The number of nitriles is 2. The summed E-state index contributed by atoms with van der Waals surface area (Å²) in [6.45, 7) is 3.43. The van der Waals surface area contributed by atoms with Gasteiger partial charge >= 0.3 is 0 Å². The average Bonchev–Trinajstić information content (AvgIpc) is 3.30. The maximum atomic E-state index is 9.00. The van der Waals surface area contributed by atoms with Crippen LogP contribution in [0.5, 0.6) is 0 Å². The Hall–Kier alpha value is -3.69. The Bertz CT molecular complexity index is 1240. The fourth-order valence-corrected chi connectivity index (χ4v) is 5.46. The molecule has 2 aliphatic heterocycles. The van der Waals surface area contributed by atoms with Crippen molar-refractivity contribution in [3.8, 4) is 12.1 Å². The lowest BCUT2D eigenvalue weighted by Gasteiger charge is -2.39. The number of hydrogen-bond donors (Lipinski definition) is 2. The monoisotopic (exact) mass is 455 g/mol. The molecule has 5 rings (SSSR count). The molecule has 3 atom stereocenters. The first-order valence-electron chi connectivity index (χ1n) is 12.0. The number of pyridine rings is 2. The highest BCUT2D eigenvalue weighted by Crippen LogP contribution is 2.37. The molecule has 0 radical (unpaired) electrons. The number of piperidine rings is 1. The Balaban J connectivity index is 1.36. The molecule has 0 aliphatic carbocycles. The highest BCUT2D eigenvalue weighted by Gasteiger charge is 2.40. The van der Waals surface area contributed by atoms with Gasteiger partial charge in [-0.15, -0.1) is 0 Å². The standard InChI is InChI=1S/C25H29N9/c1-17-13-24(32-34(17)12-4-9-27)30-23-16-22-21(5-2-10-28-22)25(31-23)29-18-14-19-6-7-20(15-18)33(19)11-3-8-26/h2,5,10,13,16,18-20H,3-4,6-7,11-12,14-15H2,1H3,(H2,29,30,31,32)/t18?,19-,20+. The van der Waals surface area contributed by atoms with Crippen LogP contribution in [0.2, 0.25) is 0 Å². The lowest BCUT2D eigenvalue weighted by atomic mass is 9.97. The van der Waals surface area contributed by atoms with Gasteiger partial charge in [-0.1, -0.05) is 0 Å². The summed E-state index contributed by atoms with van der Waals surface area (Å²) in [5.74, 6) is 2.23. The van der Waals surface area contributed by atoms with Crippen LogP contribution >= 0.6 is 0 Å². The van der Waals surface area contributed by atoms with Gasteiger partial charge in [0.05, 0.1) is 30.6 Å². The summed E-state index contributed by atoms with van der Waals surface area (Å²) in [6.07, 6.45) is 7.36. The maximum Gasteiger partial charge on any atom is 0.153 e. The van der Waals surface area contributed by atoms with Crippen LogP contribution < -0.4 is 10.6 Å². The van der Waals surface area contributed by atoms with E-state index in [4.69, 9.17) is 15.5 Å². The predicted octanol–water partition coefficient (Wildman–Crippen LogP) is 4.11. The van der Waals surface area contributed by atoms with E-state index in [-0.39, 0.29) is 0 Å². The molecule has 0 amide bonds. The number of nitrogens with zero attached hydrogens (tertiary/aromatic N) is 7. The third kappa shape index (κ3) is 4.52. The molecule has 0 spiro atoms. The molecule has 9 heteroatoms. The lowest BCUT2D eigenvalue weighted by Crippen LogP contribution is -2.47. The van der Waals surface area contributed by atoms with Crippen molar-refractivity contribution >= 4 is 28.4 Å². The Morgan fingerprint density at radius 2 is 1.82 bits per heavy atom. The van der Waals surface area contributed by atoms with Gasteiger partial charge in [0.2, 0.25) is 0 Å². The molecule has 0 saturated carbocycles. The molecule has 5 heterocycles. The Labute approximate surface area is 199 Å².